The van der Waals surface area contributed by atoms with Crippen molar-refractivity contribution in [2.75, 3.05) is 5.32 Å². The monoisotopic (exact) mass is 341 g/mol. The molecule has 5 heteroatoms. The third kappa shape index (κ3) is 6.67. The Hall–Kier alpha value is -2.82. The number of carboxylic acid groups (broad SMARTS) is 1. The highest BCUT2D eigenvalue weighted by Gasteiger charge is 2.07. The zero-order valence-electron chi connectivity index (χ0n) is 14.5. The van der Waals surface area contributed by atoms with E-state index in [9.17, 15) is 9.59 Å². The van der Waals surface area contributed by atoms with E-state index in [0.29, 0.717) is 12.1 Å². The summed E-state index contributed by atoms with van der Waals surface area (Å²) in [5.41, 5.74) is 2.51. The van der Waals surface area contributed by atoms with Crippen molar-refractivity contribution in [1.29, 1.82) is 0 Å². The van der Waals surface area contributed by atoms with E-state index in [1.54, 1.807) is 12.1 Å². The molecule has 0 aliphatic heterocycles. The van der Waals surface area contributed by atoms with E-state index in [2.05, 4.69) is 5.32 Å². The molecule has 2 N–H and O–H groups in total. The van der Waals surface area contributed by atoms with Crippen molar-refractivity contribution in [3.05, 3.63) is 59.7 Å². The highest BCUT2D eigenvalue weighted by Crippen LogP contribution is 2.16. The zero-order chi connectivity index (χ0) is 18.2. The van der Waals surface area contributed by atoms with Crippen molar-refractivity contribution < 1.29 is 19.4 Å². The second-order valence-electron chi connectivity index (χ2n) is 6.13. The second-order valence-corrected chi connectivity index (χ2v) is 6.13. The Kier molecular flexibility index (Phi) is 6.57. The molecular formula is C20H23NO4. The number of rotatable bonds is 8. The van der Waals surface area contributed by atoms with Gasteiger partial charge in [-0.1, -0.05) is 24.3 Å². The van der Waals surface area contributed by atoms with E-state index >= 15 is 0 Å². The first-order chi connectivity index (χ1) is 11.9. The number of ether oxygens (including phenoxy) is 1. The number of carboxylic acids is 1. The molecule has 0 fully saturated rings. The van der Waals surface area contributed by atoms with Crippen molar-refractivity contribution >= 4 is 17.6 Å². The van der Waals surface area contributed by atoms with Crippen molar-refractivity contribution in [1.82, 2.24) is 0 Å². The topological polar surface area (TPSA) is 75.6 Å². The molecule has 0 saturated heterocycles. The number of hydrogen-bond acceptors (Lipinski definition) is 3. The Morgan fingerprint density at radius 1 is 1.08 bits per heavy atom. The summed E-state index contributed by atoms with van der Waals surface area (Å²) in [6.07, 6.45) is 0.923. The maximum absolute atomic E-state index is 12.2. The van der Waals surface area contributed by atoms with Crippen LogP contribution in [0.1, 0.15) is 31.4 Å². The van der Waals surface area contributed by atoms with Crippen LogP contribution < -0.4 is 10.1 Å². The zero-order valence-corrected chi connectivity index (χ0v) is 14.5. The summed E-state index contributed by atoms with van der Waals surface area (Å²) in [5, 5.41) is 11.5. The highest BCUT2D eigenvalue weighted by molar-refractivity contribution is 5.92. The Morgan fingerprint density at radius 3 is 2.44 bits per heavy atom. The number of nitrogens with one attached hydrogen (secondary N) is 1. The lowest BCUT2D eigenvalue weighted by molar-refractivity contribution is -0.137. The third-order valence-electron chi connectivity index (χ3n) is 3.50. The van der Waals surface area contributed by atoms with E-state index in [-0.39, 0.29) is 24.9 Å². The minimum Gasteiger partial charge on any atom is -0.491 e. The number of aliphatic carboxylic acids is 1. The summed E-state index contributed by atoms with van der Waals surface area (Å²) >= 11 is 0. The SMILES string of the molecule is CC(C)Oc1cccc(CC(=O)Nc2ccc(CCC(=O)O)cc2)c1. The van der Waals surface area contributed by atoms with Crippen LogP contribution in [-0.2, 0) is 22.4 Å². The van der Waals surface area contributed by atoms with E-state index < -0.39 is 5.97 Å². The molecule has 0 aliphatic carbocycles. The predicted octanol–water partition coefficient (Wildman–Crippen LogP) is 3.67. The van der Waals surface area contributed by atoms with Gasteiger partial charge in [-0.2, -0.15) is 0 Å². The molecule has 2 rings (SSSR count). The predicted molar refractivity (Wildman–Crippen MR) is 96.9 cm³/mol. The quantitative estimate of drug-likeness (QED) is 0.768. The number of anilines is 1. The van der Waals surface area contributed by atoms with Gasteiger partial charge in [0.25, 0.3) is 0 Å². The maximum atomic E-state index is 12.2. The van der Waals surface area contributed by atoms with Gasteiger partial charge < -0.3 is 15.2 Å². The first-order valence-electron chi connectivity index (χ1n) is 8.28. The van der Waals surface area contributed by atoms with Crippen LogP contribution in [0.15, 0.2) is 48.5 Å². The van der Waals surface area contributed by atoms with Crippen LogP contribution >= 0.6 is 0 Å². The molecule has 0 aliphatic rings. The summed E-state index contributed by atoms with van der Waals surface area (Å²) in [7, 11) is 0. The van der Waals surface area contributed by atoms with Crippen LogP contribution in [0.2, 0.25) is 0 Å². The average Bonchev–Trinajstić information content (AvgIpc) is 2.53. The van der Waals surface area contributed by atoms with Gasteiger partial charge in [0.15, 0.2) is 0 Å². The average molecular weight is 341 g/mol. The Bertz CT molecular complexity index is 723. The molecule has 0 heterocycles. The summed E-state index contributed by atoms with van der Waals surface area (Å²) in [4.78, 5) is 22.8. The van der Waals surface area contributed by atoms with Crippen molar-refractivity contribution in [2.45, 2.75) is 39.2 Å². The molecular weight excluding hydrogens is 318 g/mol. The van der Waals surface area contributed by atoms with Crippen LogP contribution in [0.4, 0.5) is 5.69 Å². The minimum atomic E-state index is -0.818. The first kappa shape index (κ1) is 18.5. The van der Waals surface area contributed by atoms with Gasteiger partial charge >= 0.3 is 5.97 Å². The van der Waals surface area contributed by atoms with E-state index in [4.69, 9.17) is 9.84 Å². The normalized spacial score (nSPS) is 10.5. The maximum Gasteiger partial charge on any atom is 0.303 e. The van der Waals surface area contributed by atoms with Crippen LogP contribution in [0, 0.1) is 0 Å². The number of carbonyl (C=O) groups is 2. The van der Waals surface area contributed by atoms with Crippen LogP contribution in [-0.4, -0.2) is 23.1 Å². The Balaban J connectivity index is 1.90. The second kappa shape index (κ2) is 8.87. The molecule has 2 aromatic rings. The number of hydrogen-bond donors (Lipinski definition) is 2. The summed E-state index contributed by atoms with van der Waals surface area (Å²) in [5.74, 6) is -0.177. The van der Waals surface area contributed by atoms with E-state index in [1.807, 2.05) is 50.2 Å². The van der Waals surface area contributed by atoms with Crippen molar-refractivity contribution in [3.8, 4) is 5.75 Å². The first-order valence-corrected chi connectivity index (χ1v) is 8.28. The summed E-state index contributed by atoms with van der Waals surface area (Å²) < 4.78 is 5.63. The highest BCUT2D eigenvalue weighted by atomic mass is 16.5. The number of carbonyl (C=O) groups excluding carboxylic acids is 1. The van der Waals surface area contributed by atoms with Crippen LogP contribution in [0.3, 0.4) is 0 Å². The lowest BCUT2D eigenvalue weighted by Crippen LogP contribution is -2.14. The molecule has 25 heavy (non-hydrogen) atoms. The van der Waals surface area contributed by atoms with Gasteiger partial charge in [-0.05, 0) is 55.7 Å². The molecule has 0 spiro atoms. The largest absolute Gasteiger partial charge is 0.491 e. The molecule has 0 saturated carbocycles. The summed E-state index contributed by atoms with van der Waals surface area (Å²) in [6.45, 7) is 3.92. The van der Waals surface area contributed by atoms with Gasteiger partial charge in [0.2, 0.25) is 5.91 Å². The van der Waals surface area contributed by atoms with E-state index in [0.717, 1.165) is 16.9 Å². The smallest absolute Gasteiger partial charge is 0.303 e. The molecule has 5 nitrogen and oxygen atoms in total. The van der Waals surface area contributed by atoms with Gasteiger partial charge in [0, 0.05) is 12.1 Å². The van der Waals surface area contributed by atoms with Gasteiger partial charge in [0.05, 0.1) is 12.5 Å². The molecule has 132 valence electrons. The molecule has 0 atom stereocenters. The minimum absolute atomic E-state index is 0.0868. The molecule has 0 aromatic heterocycles. The number of amides is 1. The standard InChI is InChI=1S/C20H23NO4/c1-14(2)25-18-5-3-4-16(12-18)13-19(22)21-17-9-6-15(7-10-17)8-11-20(23)24/h3-7,9-10,12,14H,8,11,13H2,1-2H3,(H,21,22)(H,23,24). The molecule has 0 radical (unpaired) electrons. The fourth-order valence-corrected chi connectivity index (χ4v) is 2.40. The Labute approximate surface area is 147 Å². The third-order valence-corrected chi connectivity index (χ3v) is 3.50. The number of benzene rings is 2. The van der Waals surface area contributed by atoms with Crippen LogP contribution in [0.25, 0.3) is 0 Å². The van der Waals surface area contributed by atoms with Gasteiger partial charge in [-0.25, -0.2) is 0 Å². The Morgan fingerprint density at radius 2 is 1.80 bits per heavy atom. The number of aryl methyl sites for hydroxylation is 1. The lowest BCUT2D eigenvalue weighted by Gasteiger charge is -2.11. The molecule has 2 aromatic carbocycles. The fourth-order valence-electron chi connectivity index (χ4n) is 2.40. The lowest BCUT2D eigenvalue weighted by atomic mass is 10.1. The van der Waals surface area contributed by atoms with Crippen molar-refractivity contribution in [2.24, 2.45) is 0 Å². The van der Waals surface area contributed by atoms with Gasteiger partial charge in [-0.15, -0.1) is 0 Å². The fraction of sp³-hybridized carbons (Fsp3) is 0.300. The van der Waals surface area contributed by atoms with Crippen molar-refractivity contribution in [3.63, 3.8) is 0 Å². The van der Waals surface area contributed by atoms with Gasteiger partial charge in [0.1, 0.15) is 5.75 Å². The summed E-state index contributed by atoms with van der Waals surface area (Å²) in [6, 6.07) is 14.7. The van der Waals surface area contributed by atoms with Crippen LogP contribution in [0.5, 0.6) is 5.75 Å². The van der Waals surface area contributed by atoms with E-state index in [1.165, 1.54) is 0 Å². The molecule has 0 unspecified atom stereocenters. The van der Waals surface area contributed by atoms with Gasteiger partial charge in [-0.3, -0.25) is 9.59 Å². The molecule has 1 amide bonds. The molecule has 0 bridgehead atoms.